The Bertz CT molecular complexity index is 1170. The van der Waals surface area contributed by atoms with Gasteiger partial charge in [0, 0.05) is 6.42 Å². The first kappa shape index (κ1) is 23.5. The molecule has 174 valence electrons. The predicted molar refractivity (Wildman–Crippen MR) is 140 cm³/mol. The Balaban J connectivity index is 1.57. The lowest BCUT2D eigenvalue weighted by Crippen LogP contribution is -2.18. The summed E-state index contributed by atoms with van der Waals surface area (Å²) in [5.74, 6) is -0.294. The van der Waals surface area contributed by atoms with Crippen molar-refractivity contribution in [2.75, 3.05) is 11.6 Å². The van der Waals surface area contributed by atoms with E-state index in [4.69, 9.17) is 9.84 Å². The van der Waals surface area contributed by atoms with Gasteiger partial charge < -0.3 is 4.74 Å². The molecule has 1 aliphatic rings. The van der Waals surface area contributed by atoms with E-state index in [0.29, 0.717) is 12.2 Å². The van der Waals surface area contributed by atoms with Crippen molar-refractivity contribution in [3.8, 4) is 0 Å². The minimum Gasteiger partial charge on any atom is -0.462 e. The molecule has 3 aromatic carbocycles. The minimum atomic E-state index is -0.294. The van der Waals surface area contributed by atoms with Crippen LogP contribution in [0, 0.1) is 0 Å². The van der Waals surface area contributed by atoms with Crippen molar-refractivity contribution < 1.29 is 9.53 Å². The number of anilines is 1. The van der Waals surface area contributed by atoms with Gasteiger partial charge in [-0.05, 0) is 59.4 Å². The number of hydrogen-bond acceptors (Lipinski definition) is 4. The summed E-state index contributed by atoms with van der Waals surface area (Å²) in [4.78, 5) is 12.0. The van der Waals surface area contributed by atoms with Crippen LogP contribution in [-0.2, 0) is 10.2 Å². The van der Waals surface area contributed by atoms with Crippen molar-refractivity contribution in [3.05, 3.63) is 107 Å². The number of benzene rings is 3. The van der Waals surface area contributed by atoms with E-state index in [1.807, 2.05) is 49.4 Å². The number of carbonyl (C=O) groups is 1. The first-order valence-electron chi connectivity index (χ1n) is 11.8. The Morgan fingerprint density at radius 2 is 1.65 bits per heavy atom. The lowest BCUT2D eigenvalue weighted by molar-refractivity contribution is 0.0526. The summed E-state index contributed by atoms with van der Waals surface area (Å²) in [5.41, 5.74) is 6.36. The number of esters is 1. The maximum atomic E-state index is 12.0. The molecule has 0 aromatic heterocycles. The van der Waals surface area contributed by atoms with Gasteiger partial charge in [-0.25, -0.2) is 4.79 Å². The third-order valence-electron chi connectivity index (χ3n) is 6.01. The third-order valence-corrected chi connectivity index (χ3v) is 6.01. The van der Waals surface area contributed by atoms with Crippen LogP contribution >= 0.6 is 0 Å². The minimum absolute atomic E-state index is 0.0570. The Hall–Kier alpha value is -3.66. The second-order valence-electron chi connectivity index (χ2n) is 9.54. The van der Waals surface area contributed by atoms with Crippen molar-refractivity contribution in [3.63, 3.8) is 0 Å². The van der Waals surface area contributed by atoms with Crippen molar-refractivity contribution in [2.24, 2.45) is 5.10 Å². The number of ether oxygens (including phenoxy) is 1. The van der Waals surface area contributed by atoms with Crippen molar-refractivity contribution in [2.45, 2.75) is 45.6 Å². The van der Waals surface area contributed by atoms with Crippen LogP contribution in [0.5, 0.6) is 0 Å². The van der Waals surface area contributed by atoms with E-state index in [-0.39, 0.29) is 17.4 Å². The first-order chi connectivity index (χ1) is 16.3. The maximum absolute atomic E-state index is 12.0. The maximum Gasteiger partial charge on any atom is 0.338 e. The molecule has 0 N–H and O–H groups in total. The highest BCUT2D eigenvalue weighted by molar-refractivity contribution is 6.01. The molecule has 1 atom stereocenters. The fourth-order valence-electron chi connectivity index (χ4n) is 4.05. The molecule has 1 unspecified atom stereocenters. The number of carbonyl (C=O) groups excluding carboxylic acids is 1. The molecular formula is C30H32N2O2. The largest absolute Gasteiger partial charge is 0.462 e. The SMILES string of the molecule is CCOC(=O)c1ccc(C2CC(C=Cc3ccc(C(C)(C)C)cc3)=NN2c2ccccc2)cc1. The van der Waals surface area contributed by atoms with E-state index < -0.39 is 0 Å². The number of para-hydroxylation sites is 1. The Morgan fingerprint density at radius 1 is 0.971 bits per heavy atom. The van der Waals surface area contributed by atoms with E-state index >= 15 is 0 Å². The van der Waals surface area contributed by atoms with Crippen LogP contribution in [0.3, 0.4) is 0 Å². The van der Waals surface area contributed by atoms with Gasteiger partial charge in [0.1, 0.15) is 0 Å². The number of nitrogens with zero attached hydrogens (tertiary/aromatic N) is 2. The van der Waals surface area contributed by atoms with Crippen molar-refractivity contribution in [1.82, 2.24) is 0 Å². The van der Waals surface area contributed by atoms with E-state index in [2.05, 4.69) is 74.3 Å². The quantitative estimate of drug-likeness (QED) is 0.372. The average Bonchev–Trinajstić information content (AvgIpc) is 3.28. The van der Waals surface area contributed by atoms with Crippen molar-refractivity contribution >= 4 is 23.4 Å². The van der Waals surface area contributed by atoms with E-state index in [1.165, 1.54) is 5.56 Å². The summed E-state index contributed by atoms with van der Waals surface area (Å²) in [5, 5.41) is 7.02. The Kier molecular flexibility index (Phi) is 6.97. The Morgan fingerprint density at radius 3 is 2.26 bits per heavy atom. The highest BCUT2D eigenvalue weighted by Crippen LogP contribution is 2.35. The van der Waals surface area contributed by atoms with Gasteiger partial charge in [-0.2, -0.15) is 5.10 Å². The predicted octanol–water partition coefficient (Wildman–Crippen LogP) is 7.18. The Labute approximate surface area is 202 Å². The zero-order chi connectivity index (χ0) is 24.1. The van der Waals surface area contributed by atoms with Crippen LogP contribution in [0.1, 0.15) is 67.2 Å². The number of hydrogen-bond donors (Lipinski definition) is 0. The number of allylic oxidation sites excluding steroid dienone is 1. The second kappa shape index (κ2) is 10.1. The van der Waals surface area contributed by atoms with E-state index in [9.17, 15) is 4.79 Å². The second-order valence-corrected chi connectivity index (χ2v) is 9.54. The molecule has 0 fully saturated rings. The molecule has 0 saturated heterocycles. The summed E-state index contributed by atoms with van der Waals surface area (Å²) >= 11 is 0. The number of rotatable bonds is 6. The lowest BCUT2D eigenvalue weighted by Gasteiger charge is -2.24. The highest BCUT2D eigenvalue weighted by atomic mass is 16.5. The molecule has 1 aliphatic heterocycles. The molecule has 0 saturated carbocycles. The van der Waals surface area contributed by atoms with Gasteiger partial charge in [-0.1, -0.05) is 81.4 Å². The topological polar surface area (TPSA) is 41.9 Å². The van der Waals surface area contributed by atoms with Gasteiger partial charge in [-0.3, -0.25) is 5.01 Å². The summed E-state index contributed by atoms with van der Waals surface area (Å²) in [7, 11) is 0. The van der Waals surface area contributed by atoms with Gasteiger partial charge in [-0.15, -0.1) is 0 Å². The molecule has 4 heteroatoms. The molecular weight excluding hydrogens is 420 g/mol. The molecule has 0 amide bonds. The van der Waals surface area contributed by atoms with Crippen LogP contribution < -0.4 is 5.01 Å². The normalized spacial score (nSPS) is 16.1. The van der Waals surface area contributed by atoms with Crippen molar-refractivity contribution in [1.29, 1.82) is 0 Å². The van der Waals surface area contributed by atoms with E-state index in [0.717, 1.165) is 28.9 Å². The summed E-state index contributed by atoms with van der Waals surface area (Å²) in [6.45, 7) is 8.86. The third kappa shape index (κ3) is 5.45. The molecule has 0 spiro atoms. The molecule has 3 aromatic rings. The molecule has 4 rings (SSSR count). The van der Waals surface area contributed by atoms with Crippen LogP contribution in [-0.4, -0.2) is 18.3 Å². The van der Waals surface area contributed by atoms with Crippen LogP contribution in [0.15, 0.2) is 90.0 Å². The lowest BCUT2D eigenvalue weighted by atomic mass is 9.87. The first-order valence-corrected chi connectivity index (χ1v) is 11.8. The summed E-state index contributed by atoms with van der Waals surface area (Å²) in [6.07, 6.45) is 5.01. The molecule has 1 heterocycles. The van der Waals surface area contributed by atoms with Crippen LogP contribution in [0.4, 0.5) is 5.69 Å². The number of hydrazone groups is 1. The summed E-state index contributed by atoms with van der Waals surface area (Å²) < 4.78 is 5.12. The zero-order valence-corrected chi connectivity index (χ0v) is 20.4. The van der Waals surface area contributed by atoms with Gasteiger partial charge in [0.15, 0.2) is 0 Å². The summed E-state index contributed by atoms with van der Waals surface area (Å²) in [6, 6.07) is 26.6. The molecule has 4 nitrogen and oxygen atoms in total. The fraction of sp³-hybridized carbons (Fsp3) is 0.267. The zero-order valence-electron chi connectivity index (χ0n) is 20.4. The monoisotopic (exact) mass is 452 g/mol. The fourth-order valence-corrected chi connectivity index (χ4v) is 4.05. The molecule has 34 heavy (non-hydrogen) atoms. The van der Waals surface area contributed by atoms with E-state index in [1.54, 1.807) is 0 Å². The standard InChI is InChI=1S/C30H32N2O2/c1-5-34-29(33)24-16-14-23(15-17-24)28-21-26(31-32(28)27-9-7-6-8-10-27)20-13-22-11-18-25(19-12-22)30(2,3)4/h6-20,28H,5,21H2,1-4H3. The smallest absolute Gasteiger partial charge is 0.338 e. The van der Waals surface area contributed by atoms with Gasteiger partial charge in [0.05, 0.1) is 29.6 Å². The van der Waals surface area contributed by atoms with Gasteiger partial charge in [0.2, 0.25) is 0 Å². The molecule has 0 radical (unpaired) electrons. The highest BCUT2D eigenvalue weighted by Gasteiger charge is 2.28. The van der Waals surface area contributed by atoms with Crippen LogP contribution in [0.25, 0.3) is 6.08 Å². The molecule has 0 aliphatic carbocycles. The average molecular weight is 453 g/mol. The van der Waals surface area contributed by atoms with Crippen LogP contribution in [0.2, 0.25) is 0 Å². The van der Waals surface area contributed by atoms with Gasteiger partial charge >= 0.3 is 5.97 Å². The van der Waals surface area contributed by atoms with Gasteiger partial charge in [0.25, 0.3) is 0 Å². The molecule has 0 bridgehead atoms.